The fourth-order valence-electron chi connectivity index (χ4n) is 2.22. The Balaban J connectivity index is 1.43. The molecule has 1 aliphatic rings. The zero-order chi connectivity index (χ0) is 14.1. The minimum absolute atomic E-state index is 0.0666. The summed E-state index contributed by atoms with van der Waals surface area (Å²) in [6.45, 7) is 0.592. The number of rotatable bonds is 3. The van der Waals surface area contributed by atoms with Crippen LogP contribution < -0.4 is 9.47 Å². The van der Waals surface area contributed by atoms with E-state index in [4.69, 9.17) is 9.47 Å². The molecule has 1 aromatic heterocycles. The van der Waals surface area contributed by atoms with E-state index >= 15 is 0 Å². The molecule has 0 spiro atoms. The van der Waals surface area contributed by atoms with Gasteiger partial charge in [-0.3, -0.25) is 0 Å². The topological polar surface area (TPSA) is 31.4 Å². The van der Waals surface area contributed by atoms with Crippen molar-refractivity contribution in [1.82, 2.24) is 4.98 Å². The lowest BCUT2D eigenvalue weighted by atomic mass is 10.3. The van der Waals surface area contributed by atoms with Crippen LogP contribution in [0, 0.1) is 0 Å². The van der Waals surface area contributed by atoms with Crippen LogP contribution in [0.3, 0.4) is 0 Å². The van der Waals surface area contributed by atoms with E-state index in [1.807, 2.05) is 42.5 Å². The van der Waals surface area contributed by atoms with Gasteiger partial charge in [-0.2, -0.15) is 0 Å². The van der Waals surface area contributed by atoms with Gasteiger partial charge < -0.3 is 9.47 Å². The molecule has 0 aliphatic carbocycles. The molecule has 21 heavy (non-hydrogen) atoms. The first-order valence-corrected chi connectivity index (χ1v) is 8.55. The SMILES string of the molecule is c1ccc2c(c1)OC[C@@H](CSc1nc3ccccc3s1)O2. The van der Waals surface area contributed by atoms with Crippen LogP contribution in [0.5, 0.6) is 11.5 Å². The normalized spacial score (nSPS) is 17.0. The minimum atomic E-state index is 0.0666. The van der Waals surface area contributed by atoms with Crippen LogP contribution in [0.2, 0.25) is 0 Å². The Morgan fingerprint density at radius 2 is 1.90 bits per heavy atom. The highest BCUT2D eigenvalue weighted by Gasteiger charge is 2.21. The van der Waals surface area contributed by atoms with Crippen molar-refractivity contribution in [2.45, 2.75) is 10.4 Å². The number of hydrogen-bond donors (Lipinski definition) is 0. The predicted octanol–water partition coefficient (Wildman–Crippen LogP) is 4.23. The second-order valence-corrected chi connectivity index (χ2v) is 7.05. The summed E-state index contributed by atoms with van der Waals surface area (Å²) in [5, 5.41) is 0. The van der Waals surface area contributed by atoms with Crippen molar-refractivity contribution in [3.63, 3.8) is 0 Å². The lowest BCUT2D eigenvalue weighted by Crippen LogP contribution is -2.31. The quantitative estimate of drug-likeness (QED) is 0.677. The molecule has 2 aromatic carbocycles. The second kappa shape index (κ2) is 5.58. The number of aromatic nitrogens is 1. The summed E-state index contributed by atoms with van der Waals surface area (Å²) in [6.07, 6.45) is 0.0666. The average Bonchev–Trinajstić information content (AvgIpc) is 2.95. The number of fused-ring (bicyclic) bond motifs is 2. The number of benzene rings is 2. The summed E-state index contributed by atoms with van der Waals surface area (Å²) in [5.74, 6) is 2.51. The molecule has 4 rings (SSSR count). The van der Waals surface area contributed by atoms with Gasteiger partial charge in [0.25, 0.3) is 0 Å². The summed E-state index contributed by atoms with van der Waals surface area (Å²) in [4.78, 5) is 4.63. The van der Waals surface area contributed by atoms with Crippen LogP contribution >= 0.6 is 23.1 Å². The third kappa shape index (κ3) is 2.71. The molecule has 1 atom stereocenters. The smallest absolute Gasteiger partial charge is 0.161 e. The van der Waals surface area contributed by atoms with Gasteiger partial charge in [0.05, 0.1) is 10.2 Å². The van der Waals surface area contributed by atoms with Gasteiger partial charge in [-0.05, 0) is 24.3 Å². The predicted molar refractivity (Wildman–Crippen MR) is 86.7 cm³/mol. The van der Waals surface area contributed by atoms with Crippen molar-refractivity contribution in [2.75, 3.05) is 12.4 Å². The summed E-state index contributed by atoms with van der Waals surface area (Å²) >= 11 is 3.46. The average molecular weight is 315 g/mol. The van der Waals surface area contributed by atoms with Gasteiger partial charge in [-0.1, -0.05) is 36.0 Å². The van der Waals surface area contributed by atoms with E-state index < -0.39 is 0 Å². The first kappa shape index (κ1) is 13.0. The number of nitrogens with zero attached hydrogens (tertiary/aromatic N) is 1. The van der Waals surface area contributed by atoms with Crippen molar-refractivity contribution < 1.29 is 9.47 Å². The molecule has 0 saturated heterocycles. The lowest BCUT2D eigenvalue weighted by Gasteiger charge is -2.25. The summed E-state index contributed by atoms with van der Waals surface area (Å²) in [6, 6.07) is 16.0. The molecule has 3 aromatic rings. The zero-order valence-corrected chi connectivity index (χ0v) is 12.8. The molecule has 0 amide bonds. The second-order valence-electron chi connectivity index (χ2n) is 4.76. The van der Waals surface area contributed by atoms with Crippen LogP contribution in [0.25, 0.3) is 10.2 Å². The molecule has 0 saturated carbocycles. The van der Waals surface area contributed by atoms with Crippen molar-refractivity contribution in [1.29, 1.82) is 0 Å². The summed E-state index contributed by atoms with van der Waals surface area (Å²) < 4.78 is 14.0. The van der Waals surface area contributed by atoms with Gasteiger partial charge in [0.15, 0.2) is 15.8 Å². The maximum atomic E-state index is 5.96. The minimum Gasteiger partial charge on any atom is -0.486 e. The number of hydrogen-bond acceptors (Lipinski definition) is 5. The van der Waals surface area contributed by atoms with Gasteiger partial charge in [0, 0.05) is 5.75 Å². The molecular weight excluding hydrogens is 302 g/mol. The highest BCUT2D eigenvalue weighted by molar-refractivity contribution is 8.01. The third-order valence-electron chi connectivity index (χ3n) is 3.23. The Kier molecular flexibility index (Phi) is 3.45. The van der Waals surface area contributed by atoms with E-state index in [1.54, 1.807) is 23.1 Å². The monoisotopic (exact) mass is 315 g/mol. The Morgan fingerprint density at radius 1 is 1.10 bits per heavy atom. The van der Waals surface area contributed by atoms with E-state index in [0.29, 0.717) is 6.61 Å². The van der Waals surface area contributed by atoms with Crippen molar-refractivity contribution in [3.8, 4) is 11.5 Å². The molecule has 0 bridgehead atoms. The van der Waals surface area contributed by atoms with Crippen molar-refractivity contribution >= 4 is 33.3 Å². The molecule has 5 heteroatoms. The number of para-hydroxylation sites is 3. The largest absolute Gasteiger partial charge is 0.486 e. The molecule has 3 nitrogen and oxygen atoms in total. The molecule has 106 valence electrons. The Bertz CT molecular complexity index is 739. The maximum absolute atomic E-state index is 5.96. The van der Waals surface area contributed by atoms with Gasteiger partial charge in [0.2, 0.25) is 0 Å². The molecule has 0 N–H and O–H groups in total. The van der Waals surface area contributed by atoms with Crippen LogP contribution in [0.15, 0.2) is 52.9 Å². The Labute approximate surface area is 130 Å². The van der Waals surface area contributed by atoms with Crippen molar-refractivity contribution in [3.05, 3.63) is 48.5 Å². The summed E-state index contributed by atoms with van der Waals surface area (Å²) in [5.41, 5.74) is 1.07. The van der Waals surface area contributed by atoms with Crippen molar-refractivity contribution in [2.24, 2.45) is 0 Å². The molecule has 0 unspecified atom stereocenters. The van der Waals surface area contributed by atoms with E-state index in [2.05, 4.69) is 11.1 Å². The Hall–Kier alpha value is -1.72. The molecule has 0 fully saturated rings. The van der Waals surface area contributed by atoms with E-state index in [0.717, 1.165) is 27.1 Å². The van der Waals surface area contributed by atoms with Gasteiger partial charge in [0.1, 0.15) is 12.7 Å². The molecular formula is C16H13NO2S2. The third-order valence-corrected chi connectivity index (χ3v) is 5.55. The number of thiazole rings is 1. The molecule has 1 aliphatic heterocycles. The fourth-order valence-corrected chi connectivity index (χ4v) is 4.28. The van der Waals surface area contributed by atoms with Gasteiger partial charge in [-0.25, -0.2) is 4.98 Å². The summed E-state index contributed by atoms with van der Waals surface area (Å²) in [7, 11) is 0. The highest BCUT2D eigenvalue weighted by Crippen LogP contribution is 2.34. The van der Waals surface area contributed by atoms with Crippen LogP contribution in [0.1, 0.15) is 0 Å². The van der Waals surface area contributed by atoms with Gasteiger partial charge in [-0.15, -0.1) is 11.3 Å². The Morgan fingerprint density at radius 3 is 2.81 bits per heavy atom. The van der Waals surface area contributed by atoms with E-state index in [9.17, 15) is 0 Å². The lowest BCUT2D eigenvalue weighted by molar-refractivity contribution is 0.107. The maximum Gasteiger partial charge on any atom is 0.161 e. The highest BCUT2D eigenvalue weighted by atomic mass is 32.2. The molecule has 0 radical (unpaired) electrons. The van der Waals surface area contributed by atoms with Gasteiger partial charge >= 0.3 is 0 Å². The van der Waals surface area contributed by atoms with Crippen LogP contribution in [-0.4, -0.2) is 23.4 Å². The first-order valence-electron chi connectivity index (χ1n) is 6.75. The fraction of sp³-hybridized carbons (Fsp3) is 0.188. The van der Waals surface area contributed by atoms with E-state index in [1.165, 1.54) is 4.70 Å². The zero-order valence-electron chi connectivity index (χ0n) is 11.2. The number of ether oxygens (including phenoxy) is 2. The van der Waals surface area contributed by atoms with E-state index in [-0.39, 0.29) is 6.10 Å². The number of thioether (sulfide) groups is 1. The first-order chi connectivity index (χ1) is 10.4. The van der Waals surface area contributed by atoms with Crippen LogP contribution in [0.4, 0.5) is 0 Å². The van der Waals surface area contributed by atoms with Crippen LogP contribution in [-0.2, 0) is 0 Å². The molecule has 2 heterocycles. The standard InChI is InChI=1S/C16H13NO2S2/c1-4-8-15-12(5-1)17-16(21-15)20-10-11-9-18-13-6-2-3-7-14(13)19-11/h1-8,11H,9-10H2/t11-/m0/s1.